The first-order valence-corrected chi connectivity index (χ1v) is 7.96. The zero-order chi connectivity index (χ0) is 16.1. The fourth-order valence-corrected chi connectivity index (χ4v) is 2.46. The number of benzene rings is 1. The van der Waals surface area contributed by atoms with Gasteiger partial charge in [0.15, 0.2) is 0 Å². The molecule has 1 amide bonds. The van der Waals surface area contributed by atoms with Crippen molar-refractivity contribution < 1.29 is 4.79 Å². The molecule has 1 aromatic carbocycles. The predicted octanol–water partition coefficient (Wildman–Crippen LogP) is 3.74. The Bertz CT molecular complexity index is 688. The highest BCUT2D eigenvalue weighted by Gasteiger charge is 2.10. The molecule has 22 heavy (non-hydrogen) atoms. The van der Waals surface area contributed by atoms with E-state index < -0.39 is 0 Å². The van der Waals surface area contributed by atoms with E-state index in [2.05, 4.69) is 36.5 Å². The molecule has 0 saturated heterocycles. The third-order valence-corrected chi connectivity index (χ3v) is 3.55. The predicted molar refractivity (Wildman–Crippen MR) is 91.6 cm³/mol. The normalized spacial score (nSPS) is 10.4. The lowest BCUT2D eigenvalue weighted by molar-refractivity contribution is 0.0948. The first-order valence-electron chi connectivity index (χ1n) is 7.16. The maximum atomic E-state index is 12.0. The number of carbonyl (C=O) groups is 1. The molecule has 2 rings (SSSR count). The van der Waals surface area contributed by atoms with Crippen molar-refractivity contribution in [2.45, 2.75) is 27.2 Å². The SMILES string of the molecule is CCCNC(=O)c1cc(Nc2ccc(Br)cc2C)nc(C)n1. The lowest BCUT2D eigenvalue weighted by Gasteiger charge is -2.11. The molecule has 0 saturated carbocycles. The first kappa shape index (κ1) is 16.4. The van der Waals surface area contributed by atoms with Crippen LogP contribution < -0.4 is 10.6 Å². The number of aromatic nitrogens is 2. The van der Waals surface area contributed by atoms with Crippen LogP contribution in [0.4, 0.5) is 11.5 Å². The highest BCUT2D eigenvalue weighted by Crippen LogP contribution is 2.23. The molecule has 0 aliphatic heterocycles. The summed E-state index contributed by atoms with van der Waals surface area (Å²) in [4.78, 5) is 20.6. The summed E-state index contributed by atoms with van der Waals surface area (Å²) in [5.74, 6) is 0.990. The van der Waals surface area contributed by atoms with Crippen LogP contribution in [0.1, 0.15) is 35.2 Å². The molecule has 1 aromatic heterocycles. The summed E-state index contributed by atoms with van der Waals surface area (Å²) < 4.78 is 1.02. The van der Waals surface area contributed by atoms with Crippen molar-refractivity contribution in [2.24, 2.45) is 0 Å². The van der Waals surface area contributed by atoms with Crippen LogP contribution in [0.5, 0.6) is 0 Å². The van der Waals surface area contributed by atoms with Gasteiger partial charge in [-0.25, -0.2) is 9.97 Å². The third kappa shape index (κ3) is 4.27. The number of hydrogen-bond donors (Lipinski definition) is 2. The molecular formula is C16H19BrN4O. The summed E-state index contributed by atoms with van der Waals surface area (Å²) in [5.41, 5.74) is 2.40. The Hall–Kier alpha value is -1.95. The Morgan fingerprint density at radius 2 is 2.00 bits per heavy atom. The van der Waals surface area contributed by atoms with Gasteiger partial charge in [-0.15, -0.1) is 0 Å². The van der Waals surface area contributed by atoms with E-state index in [1.807, 2.05) is 32.0 Å². The van der Waals surface area contributed by atoms with E-state index in [1.165, 1.54) is 0 Å². The second-order valence-corrected chi connectivity index (χ2v) is 5.94. The van der Waals surface area contributed by atoms with Crippen LogP contribution in [0.2, 0.25) is 0 Å². The topological polar surface area (TPSA) is 66.9 Å². The standard InChI is InChI=1S/C16H19BrN4O/c1-4-7-18-16(22)14-9-15(20-11(3)19-14)21-13-6-5-12(17)8-10(13)2/h5-6,8-9H,4,7H2,1-3H3,(H,18,22)(H,19,20,21). The number of amides is 1. The van der Waals surface area contributed by atoms with Gasteiger partial charge in [0.05, 0.1) is 0 Å². The Morgan fingerprint density at radius 1 is 1.23 bits per heavy atom. The second kappa shape index (κ2) is 7.35. The molecule has 0 spiro atoms. The lowest BCUT2D eigenvalue weighted by atomic mass is 10.2. The molecule has 0 aliphatic rings. The van der Waals surface area contributed by atoms with E-state index in [-0.39, 0.29) is 5.91 Å². The number of anilines is 2. The average molecular weight is 363 g/mol. The van der Waals surface area contributed by atoms with Crippen molar-refractivity contribution in [3.05, 3.63) is 45.8 Å². The van der Waals surface area contributed by atoms with E-state index in [9.17, 15) is 4.79 Å². The minimum absolute atomic E-state index is 0.178. The Morgan fingerprint density at radius 3 is 2.68 bits per heavy atom. The van der Waals surface area contributed by atoms with E-state index in [1.54, 1.807) is 13.0 Å². The van der Waals surface area contributed by atoms with Gasteiger partial charge in [-0.05, 0) is 44.0 Å². The van der Waals surface area contributed by atoms with Crippen LogP contribution in [0.25, 0.3) is 0 Å². The van der Waals surface area contributed by atoms with Gasteiger partial charge in [0.2, 0.25) is 0 Å². The van der Waals surface area contributed by atoms with Gasteiger partial charge in [-0.3, -0.25) is 4.79 Å². The quantitative estimate of drug-likeness (QED) is 0.849. The zero-order valence-electron chi connectivity index (χ0n) is 12.9. The number of hydrogen-bond acceptors (Lipinski definition) is 4. The van der Waals surface area contributed by atoms with Gasteiger partial charge in [-0.1, -0.05) is 22.9 Å². The summed E-state index contributed by atoms with van der Waals surface area (Å²) in [6.07, 6.45) is 0.888. The van der Waals surface area contributed by atoms with E-state index in [0.29, 0.717) is 23.9 Å². The van der Waals surface area contributed by atoms with E-state index in [0.717, 1.165) is 22.1 Å². The molecule has 6 heteroatoms. The number of carbonyl (C=O) groups excluding carboxylic acids is 1. The summed E-state index contributed by atoms with van der Waals surface area (Å²) in [5, 5.41) is 6.06. The number of nitrogens with zero attached hydrogens (tertiary/aromatic N) is 2. The molecule has 0 unspecified atom stereocenters. The minimum atomic E-state index is -0.178. The largest absolute Gasteiger partial charge is 0.351 e. The fraction of sp³-hybridized carbons (Fsp3) is 0.312. The highest BCUT2D eigenvalue weighted by atomic mass is 79.9. The molecule has 0 radical (unpaired) electrons. The molecule has 0 bridgehead atoms. The average Bonchev–Trinajstić information content (AvgIpc) is 2.47. The molecule has 0 atom stereocenters. The first-order chi connectivity index (χ1) is 10.5. The summed E-state index contributed by atoms with van der Waals surface area (Å²) >= 11 is 3.44. The maximum absolute atomic E-state index is 12.0. The van der Waals surface area contributed by atoms with Crippen LogP contribution in [-0.4, -0.2) is 22.4 Å². The third-order valence-electron chi connectivity index (χ3n) is 3.06. The number of halogens is 1. The van der Waals surface area contributed by atoms with Crippen molar-refractivity contribution in [3.63, 3.8) is 0 Å². The van der Waals surface area contributed by atoms with Crippen LogP contribution in [0.15, 0.2) is 28.7 Å². The van der Waals surface area contributed by atoms with Crippen molar-refractivity contribution in [1.29, 1.82) is 0 Å². The van der Waals surface area contributed by atoms with E-state index in [4.69, 9.17) is 0 Å². The highest BCUT2D eigenvalue weighted by molar-refractivity contribution is 9.10. The van der Waals surface area contributed by atoms with Gasteiger partial charge < -0.3 is 10.6 Å². The molecule has 116 valence electrons. The monoisotopic (exact) mass is 362 g/mol. The molecule has 0 aliphatic carbocycles. The van der Waals surface area contributed by atoms with Crippen LogP contribution >= 0.6 is 15.9 Å². The van der Waals surface area contributed by atoms with Crippen LogP contribution in [0.3, 0.4) is 0 Å². The molecule has 5 nitrogen and oxygen atoms in total. The van der Waals surface area contributed by atoms with Gasteiger partial charge in [0.1, 0.15) is 17.3 Å². The minimum Gasteiger partial charge on any atom is -0.351 e. The summed E-state index contributed by atoms with van der Waals surface area (Å²) in [6.45, 7) is 6.43. The molecular weight excluding hydrogens is 344 g/mol. The Kier molecular flexibility index (Phi) is 5.49. The van der Waals surface area contributed by atoms with Crippen molar-refractivity contribution in [3.8, 4) is 0 Å². The van der Waals surface area contributed by atoms with Gasteiger partial charge in [0, 0.05) is 22.8 Å². The number of aryl methyl sites for hydroxylation is 2. The summed E-state index contributed by atoms with van der Waals surface area (Å²) in [6, 6.07) is 7.61. The second-order valence-electron chi connectivity index (χ2n) is 5.03. The number of rotatable bonds is 5. The zero-order valence-corrected chi connectivity index (χ0v) is 14.5. The molecule has 1 heterocycles. The van der Waals surface area contributed by atoms with Gasteiger partial charge in [0.25, 0.3) is 5.91 Å². The summed E-state index contributed by atoms with van der Waals surface area (Å²) in [7, 11) is 0. The Balaban J connectivity index is 2.24. The maximum Gasteiger partial charge on any atom is 0.270 e. The van der Waals surface area contributed by atoms with Crippen molar-refractivity contribution in [2.75, 3.05) is 11.9 Å². The van der Waals surface area contributed by atoms with Crippen molar-refractivity contribution in [1.82, 2.24) is 15.3 Å². The Labute approximate surface area is 138 Å². The molecule has 2 N–H and O–H groups in total. The smallest absolute Gasteiger partial charge is 0.270 e. The van der Waals surface area contributed by atoms with Gasteiger partial charge in [-0.2, -0.15) is 0 Å². The molecule has 2 aromatic rings. The van der Waals surface area contributed by atoms with Crippen LogP contribution in [-0.2, 0) is 0 Å². The fourth-order valence-electron chi connectivity index (χ4n) is 1.98. The van der Waals surface area contributed by atoms with Crippen LogP contribution in [0, 0.1) is 13.8 Å². The molecule has 0 fully saturated rings. The lowest BCUT2D eigenvalue weighted by Crippen LogP contribution is -2.25. The van der Waals surface area contributed by atoms with Gasteiger partial charge >= 0.3 is 0 Å². The van der Waals surface area contributed by atoms with Crippen molar-refractivity contribution >= 4 is 33.3 Å². The van der Waals surface area contributed by atoms with E-state index >= 15 is 0 Å². The number of nitrogens with one attached hydrogen (secondary N) is 2.